The van der Waals surface area contributed by atoms with Crippen molar-refractivity contribution in [3.05, 3.63) is 63.6 Å². The van der Waals surface area contributed by atoms with Gasteiger partial charge in [0.05, 0.1) is 11.0 Å². The fourth-order valence-electron chi connectivity index (χ4n) is 2.31. The second kappa shape index (κ2) is 4.63. The monoisotopic (exact) mass is 281 g/mol. The zero-order valence-electron chi connectivity index (χ0n) is 11.8. The van der Waals surface area contributed by atoms with Gasteiger partial charge in [-0.1, -0.05) is 17.7 Å². The minimum Gasteiger partial charge on any atom is -0.398 e. The number of carbonyl (C=O) groups is 1. The standard InChI is InChI=1S/C16H15N3O2/c1-9-3-5-11(6-4-9)15(20)19-14-8-12(17)10(2)7-13(14)18-16(19)21/h3-8H,17H2,1-2H3,(H,18,21). The van der Waals surface area contributed by atoms with Crippen molar-refractivity contribution in [1.82, 2.24) is 9.55 Å². The van der Waals surface area contributed by atoms with E-state index in [4.69, 9.17) is 5.73 Å². The highest BCUT2D eigenvalue weighted by Crippen LogP contribution is 2.19. The molecule has 0 bridgehead atoms. The van der Waals surface area contributed by atoms with Gasteiger partial charge in [-0.15, -0.1) is 0 Å². The number of fused-ring (bicyclic) bond motifs is 1. The van der Waals surface area contributed by atoms with Crippen molar-refractivity contribution < 1.29 is 4.79 Å². The number of aromatic amines is 1. The number of rotatable bonds is 1. The van der Waals surface area contributed by atoms with E-state index >= 15 is 0 Å². The number of imidazole rings is 1. The molecule has 0 radical (unpaired) electrons. The van der Waals surface area contributed by atoms with Crippen molar-refractivity contribution in [2.45, 2.75) is 13.8 Å². The fourth-order valence-corrected chi connectivity index (χ4v) is 2.31. The average Bonchev–Trinajstić information content (AvgIpc) is 2.75. The number of aromatic nitrogens is 2. The zero-order chi connectivity index (χ0) is 15.1. The highest BCUT2D eigenvalue weighted by Gasteiger charge is 2.16. The molecule has 3 N–H and O–H groups in total. The lowest BCUT2D eigenvalue weighted by molar-refractivity contribution is 0.0961. The van der Waals surface area contributed by atoms with Crippen LogP contribution < -0.4 is 11.4 Å². The maximum absolute atomic E-state index is 12.6. The summed E-state index contributed by atoms with van der Waals surface area (Å²) in [5.41, 5.74) is 9.44. The molecule has 1 heterocycles. The topological polar surface area (TPSA) is 80.9 Å². The predicted molar refractivity (Wildman–Crippen MR) is 82.6 cm³/mol. The molecule has 0 aliphatic carbocycles. The average molecular weight is 281 g/mol. The van der Waals surface area contributed by atoms with E-state index < -0.39 is 5.69 Å². The van der Waals surface area contributed by atoms with Gasteiger partial charge in [0.2, 0.25) is 0 Å². The van der Waals surface area contributed by atoms with Crippen molar-refractivity contribution in [2.75, 3.05) is 5.73 Å². The second-order valence-corrected chi connectivity index (χ2v) is 5.16. The Hall–Kier alpha value is -2.82. The van der Waals surface area contributed by atoms with E-state index in [1.165, 1.54) is 0 Å². The van der Waals surface area contributed by atoms with E-state index in [2.05, 4.69) is 4.98 Å². The van der Waals surface area contributed by atoms with Gasteiger partial charge in [0.1, 0.15) is 0 Å². The van der Waals surface area contributed by atoms with Gasteiger partial charge < -0.3 is 10.7 Å². The molecule has 21 heavy (non-hydrogen) atoms. The molecule has 5 heteroatoms. The molecule has 5 nitrogen and oxygen atoms in total. The fraction of sp³-hybridized carbons (Fsp3) is 0.125. The Labute approximate surface area is 121 Å². The molecule has 0 amide bonds. The van der Waals surface area contributed by atoms with Gasteiger partial charge in [-0.05, 0) is 43.7 Å². The number of hydrogen-bond acceptors (Lipinski definition) is 3. The molecule has 0 saturated carbocycles. The van der Waals surface area contributed by atoms with E-state index in [1.807, 2.05) is 26.0 Å². The first-order valence-corrected chi connectivity index (χ1v) is 6.59. The molecule has 0 fully saturated rings. The summed E-state index contributed by atoms with van der Waals surface area (Å²) in [7, 11) is 0. The van der Waals surface area contributed by atoms with Crippen LogP contribution >= 0.6 is 0 Å². The van der Waals surface area contributed by atoms with E-state index in [0.29, 0.717) is 22.3 Å². The van der Waals surface area contributed by atoms with E-state index in [-0.39, 0.29) is 5.91 Å². The first kappa shape index (κ1) is 13.2. The van der Waals surface area contributed by atoms with Gasteiger partial charge in [0, 0.05) is 11.3 Å². The maximum Gasteiger partial charge on any atom is 0.333 e. The SMILES string of the molecule is Cc1ccc(C(=O)n2c(=O)[nH]c3cc(C)c(N)cc32)cc1. The highest BCUT2D eigenvalue weighted by atomic mass is 16.2. The van der Waals surface area contributed by atoms with Crippen molar-refractivity contribution in [3.8, 4) is 0 Å². The Balaban J connectivity index is 2.22. The zero-order valence-corrected chi connectivity index (χ0v) is 11.8. The predicted octanol–water partition coefficient (Wildman–Crippen LogP) is 2.22. The third-order valence-corrected chi connectivity index (χ3v) is 3.57. The summed E-state index contributed by atoms with van der Waals surface area (Å²) < 4.78 is 1.12. The molecule has 2 aromatic carbocycles. The summed E-state index contributed by atoms with van der Waals surface area (Å²) in [6.45, 7) is 3.79. The number of nitrogens with one attached hydrogen (secondary N) is 1. The lowest BCUT2D eigenvalue weighted by Crippen LogP contribution is -2.24. The van der Waals surface area contributed by atoms with Crippen LogP contribution in [-0.2, 0) is 0 Å². The summed E-state index contributed by atoms with van der Waals surface area (Å²) in [4.78, 5) is 27.3. The maximum atomic E-state index is 12.6. The molecule has 0 aliphatic heterocycles. The Morgan fingerprint density at radius 2 is 1.81 bits per heavy atom. The first-order chi connectivity index (χ1) is 9.97. The molecule has 0 aliphatic rings. The lowest BCUT2D eigenvalue weighted by atomic mass is 10.1. The van der Waals surface area contributed by atoms with Crippen LogP contribution in [0.2, 0.25) is 0 Å². The molecule has 3 rings (SSSR count). The number of anilines is 1. The molecule has 0 unspecified atom stereocenters. The van der Waals surface area contributed by atoms with Crippen LogP contribution in [0.15, 0.2) is 41.2 Å². The van der Waals surface area contributed by atoms with Gasteiger partial charge in [0.25, 0.3) is 5.91 Å². The molecule has 1 aromatic heterocycles. The van der Waals surface area contributed by atoms with E-state index in [0.717, 1.165) is 15.7 Å². The Morgan fingerprint density at radius 1 is 1.14 bits per heavy atom. The summed E-state index contributed by atoms with van der Waals surface area (Å²) in [5, 5.41) is 0. The number of nitrogen functional groups attached to an aromatic ring is 1. The van der Waals surface area contributed by atoms with Gasteiger partial charge in [0.15, 0.2) is 0 Å². The van der Waals surface area contributed by atoms with E-state index in [9.17, 15) is 9.59 Å². The number of nitrogens with two attached hydrogens (primary N) is 1. The largest absolute Gasteiger partial charge is 0.398 e. The second-order valence-electron chi connectivity index (χ2n) is 5.16. The number of aryl methyl sites for hydroxylation is 2. The summed E-state index contributed by atoms with van der Waals surface area (Å²) in [6.07, 6.45) is 0. The third-order valence-electron chi connectivity index (χ3n) is 3.57. The van der Waals surface area contributed by atoms with Crippen LogP contribution in [0.4, 0.5) is 5.69 Å². The Bertz CT molecular complexity index is 902. The minimum absolute atomic E-state index is 0.366. The summed E-state index contributed by atoms with van der Waals surface area (Å²) >= 11 is 0. The number of hydrogen-bond donors (Lipinski definition) is 2. The van der Waals surface area contributed by atoms with E-state index in [1.54, 1.807) is 24.3 Å². The lowest BCUT2D eigenvalue weighted by Gasteiger charge is -2.05. The van der Waals surface area contributed by atoms with Crippen LogP contribution in [0, 0.1) is 13.8 Å². The van der Waals surface area contributed by atoms with Crippen molar-refractivity contribution in [3.63, 3.8) is 0 Å². The number of H-pyrrole nitrogens is 1. The normalized spacial score (nSPS) is 11.0. The summed E-state index contributed by atoms with van der Waals surface area (Å²) in [6, 6.07) is 10.5. The van der Waals surface area contributed by atoms with Crippen LogP contribution in [0.1, 0.15) is 21.5 Å². The molecule has 0 atom stereocenters. The molecule has 0 saturated heterocycles. The molecule has 3 aromatic rings. The molecular formula is C16H15N3O2. The third kappa shape index (κ3) is 2.12. The van der Waals surface area contributed by atoms with Crippen LogP contribution in [0.5, 0.6) is 0 Å². The first-order valence-electron chi connectivity index (χ1n) is 6.59. The van der Waals surface area contributed by atoms with Gasteiger partial charge in [-0.3, -0.25) is 4.79 Å². The number of carbonyl (C=O) groups excluding carboxylic acids is 1. The van der Waals surface area contributed by atoms with Gasteiger partial charge in [-0.2, -0.15) is 0 Å². The van der Waals surface area contributed by atoms with Gasteiger partial charge >= 0.3 is 5.69 Å². The van der Waals surface area contributed by atoms with Crippen molar-refractivity contribution >= 4 is 22.6 Å². The highest BCUT2D eigenvalue weighted by molar-refractivity contribution is 6.01. The molecule has 0 spiro atoms. The van der Waals surface area contributed by atoms with Crippen LogP contribution in [0.25, 0.3) is 11.0 Å². The number of benzene rings is 2. The summed E-state index contributed by atoms with van der Waals surface area (Å²) in [5.74, 6) is -0.366. The Kier molecular flexibility index (Phi) is 2.90. The molecular weight excluding hydrogens is 266 g/mol. The smallest absolute Gasteiger partial charge is 0.333 e. The molecule has 106 valence electrons. The number of nitrogens with zero attached hydrogens (tertiary/aromatic N) is 1. The van der Waals surface area contributed by atoms with Crippen LogP contribution in [-0.4, -0.2) is 15.5 Å². The van der Waals surface area contributed by atoms with Crippen molar-refractivity contribution in [1.29, 1.82) is 0 Å². The van der Waals surface area contributed by atoms with Crippen molar-refractivity contribution in [2.24, 2.45) is 0 Å². The quantitative estimate of drug-likeness (QED) is 0.671. The van der Waals surface area contributed by atoms with Crippen LogP contribution in [0.3, 0.4) is 0 Å². The Morgan fingerprint density at radius 3 is 2.48 bits per heavy atom. The minimum atomic E-state index is -0.458. The van der Waals surface area contributed by atoms with Gasteiger partial charge in [-0.25, -0.2) is 9.36 Å².